The fraction of sp³-hybridized carbons (Fsp3) is 0.778. The van der Waals surface area contributed by atoms with Gasteiger partial charge in [-0.25, -0.2) is 4.79 Å². The topological polar surface area (TPSA) is 88.5 Å². The zero-order valence-electron chi connectivity index (χ0n) is 17.8. The van der Waals surface area contributed by atoms with Crippen LogP contribution in [0.4, 0.5) is 4.79 Å². The summed E-state index contributed by atoms with van der Waals surface area (Å²) < 4.78 is 5.93. The minimum absolute atomic E-state index is 0.0616. The Bertz CT molecular complexity index is 591. The number of carbonyl (C=O) groups excluding carboxylic acids is 3. The molecule has 9 heteroatoms. The molecule has 0 aliphatic carbocycles. The van der Waals surface area contributed by atoms with E-state index in [9.17, 15) is 14.4 Å². The van der Waals surface area contributed by atoms with Gasteiger partial charge >= 0.3 is 6.03 Å². The predicted octanol–water partition coefficient (Wildman–Crippen LogP) is 2.70. The van der Waals surface area contributed by atoms with E-state index < -0.39 is 31.6 Å². The molecule has 1 saturated heterocycles. The zero-order chi connectivity index (χ0) is 21.0. The molecule has 1 atom stereocenters. The Morgan fingerprint density at radius 2 is 1.67 bits per heavy atom. The van der Waals surface area contributed by atoms with Gasteiger partial charge in [0.05, 0.1) is 12.3 Å². The molecule has 1 aliphatic heterocycles. The number of imide groups is 2. The lowest BCUT2D eigenvalue weighted by atomic mass is 9.67. The molecule has 0 bridgehead atoms. The molecule has 1 fully saturated rings. The van der Waals surface area contributed by atoms with Crippen LogP contribution in [0, 0.1) is 11.3 Å². The van der Waals surface area contributed by atoms with Crippen LogP contribution in [-0.2, 0) is 18.9 Å². The molecule has 1 unspecified atom stereocenters. The number of hydrogen-bond donors (Lipinski definition) is 0. The molecule has 154 valence electrons. The van der Waals surface area contributed by atoms with Crippen LogP contribution in [0.5, 0.6) is 0 Å². The molecule has 27 heavy (non-hydrogen) atoms. The molecular weight excluding hydrogens is 366 g/mol. The fourth-order valence-corrected chi connectivity index (χ4v) is 3.98. The number of amides is 4. The normalized spacial score (nSPS) is 19.6. The molecule has 8 nitrogen and oxygen atoms in total. The largest absolute Gasteiger partial charge is 0.412 e. The molecule has 4 amide bonds. The van der Waals surface area contributed by atoms with Crippen LogP contribution >= 0.6 is 0 Å². The van der Waals surface area contributed by atoms with E-state index in [1.165, 1.54) is 21.2 Å². The Labute approximate surface area is 163 Å². The summed E-state index contributed by atoms with van der Waals surface area (Å²) in [6.45, 7) is 10.2. The average Bonchev–Trinajstić information content (AvgIpc) is 2.59. The van der Waals surface area contributed by atoms with Gasteiger partial charge in [-0.05, 0) is 32.0 Å². The molecule has 0 radical (unpaired) electrons. The number of hydrogen-bond acceptors (Lipinski definition) is 6. The van der Waals surface area contributed by atoms with Crippen LogP contribution in [0.2, 0.25) is 19.6 Å². The van der Waals surface area contributed by atoms with E-state index in [-0.39, 0.29) is 18.9 Å². The van der Waals surface area contributed by atoms with Crippen LogP contribution in [0.1, 0.15) is 33.1 Å². The van der Waals surface area contributed by atoms with Crippen molar-refractivity contribution < 1.29 is 23.6 Å². The van der Waals surface area contributed by atoms with E-state index in [4.69, 9.17) is 9.26 Å². The Morgan fingerprint density at radius 1 is 1.15 bits per heavy atom. The highest BCUT2D eigenvalue weighted by molar-refractivity contribution is 6.69. The third kappa shape index (κ3) is 4.95. The molecule has 0 aromatic rings. The van der Waals surface area contributed by atoms with Crippen LogP contribution < -0.4 is 0 Å². The maximum Gasteiger partial charge on any atom is 0.332 e. The van der Waals surface area contributed by atoms with E-state index in [0.717, 1.165) is 16.2 Å². The quantitative estimate of drug-likeness (QED) is 0.257. The summed E-state index contributed by atoms with van der Waals surface area (Å²) in [6, 6.07) is -0.618. The van der Waals surface area contributed by atoms with Crippen molar-refractivity contribution >= 4 is 31.9 Å². The lowest BCUT2D eigenvalue weighted by Gasteiger charge is -2.45. The zero-order valence-corrected chi connectivity index (χ0v) is 18.8. The average molecular weight is 400 g/mol. The second-order valence-electron chi connectivity index (χ2n) is 8.09. The maximum absolute atomic E-state index is 13.2. The van der Waals surface area contributed by atoms with Gasteiger partial charge in [-0.3, -0.25) is 19.4 Å². The molecule has 0 spiro atoms. The van der Waals surface area contributed by atoms with E-state index in [0.29, 0.717) is 12.1 Å². The van der Waals surface area contributed by atoms with Crippen molar-refractivity contribution in [3.05, 3.63) is 0 Å². The van der Waals surface area contributed by atoms with Crippen molar-refractivity contribution in [2.75, 3.05) is 27.8 Å². The summed E-state index contributed by atoms with van der Waals surface area (Å²) in [5, 5.41) is 4.03. The molecule has 1 aliphatic rings. The van der Waals surface area contributed by atoms with Crippen LogP contribution in [0.3, 0.4) is 0 Å². The highest BCUT2D eigenvalue weighted by Crippen LogP contribution is 2.41. The molecule has 0 aromatic heterocycles. The number of rotatable bonds is 9. The van der Waals surface area contributed by atoms with Gasteiger partial charge in [0.2, 0.25) is 11.8 Å². The second kappa shape index (κ2) is 8.96. The number of carbonyl (C=O) groups is 3. The minimum atomic E-state index is -1.83. The van der Waals surface area contributed by atoms with Crippen molar-refractivity contribution in [2.45, 2.75) is 52.8 Å². The van der Waals surface area contributed by atoms with Gasteiger partial charge in [0.1, 0.15) is 12.5 Å². The predicted molar refractivity (Wildman–Crippen MR) is 106 cm³/mol. The van der Waals surface area contributed by atoms with Gasteiger partial charge in [0.25, 0.3) is 0 Å². The Kier molecular flexibility index (Phi) is 7.73. The van der Waals surface area contributed by atoms with Crippen molar-refractivity contribution in [1.29, 1.82) is 0 Å². The third-order valence-corrected chi connectivity index (χ3v) is 5.89. The van der Waals surface area contributed by atoms with Gasteiger partial charge in [-0.1, -0.05) is 25.4 Å². The molecular formula is C18H33N3O5Si. The molecule has 0 N–H and O–H groups in total. The number of urea groups is 1. The van der Waals surface area contributed by atoms with Crippen LogP contribution in [0.25, 0.3) is 0 Å². The van der Waals surface area contributed by atoms with Crippen molar-refractivity contribution in [3.8, 4) is 0 Å². The highest BCUT2D eigenvalue weighted by Gasteiger charge is 2.58. The maximum atomic E-state index is 13.2. The first-order valence-electron chi connectivity index (χ1n) is 9.25. The van der Waals surface area contributed by atoms with E-state index >= 15 is 0 Å². The minimum Gasteiger partial charge on any atom is -0.412 e. The Morgan fingerprint density at radius 3 is 2.07 bits per heavy atom. The SMILES string of the molecule is CCCC(C)C1(C/C(CO[Si](C)(C)C)=N\OC)C(=O)N(C)C(=O)N(C)C1=O. The van der Waals surface area contributed by atoms with Gasteiger partial charge < -0.3 is 9.26 Å². The smallest absolute Gasteiger partial charge is 0.332 e. The van der Waals surface area contributed by atoms with E-state index in [1.54, 1.807) is 0 Å². The summed E-state index contributed by atoms with van der Waals surface area (Å²) in [6.07, 6.45) is 1.54. The molecule has 1 rings (SSSR count). The van der Waals surface area contributed by atoms with Gasteiger partial charge in [-0.15, -0.1) is 0 Å². The fourth-order valence-electron chi connectivity index (χ4n) is 3.38. The van der Waals surface area contributed by atoms with Crippen molar-refractivity contribution in [1.82, 2.24) is 9.80 Å². The standard InChI is InChI=1S/C18H33N3O5Si/c1-9-10-13(2)18(11-14(19-25-5)12-26-27(6,7)8)15(22)20(3)17(24)21(4)16(18)23/h13H,9-12H2,1-8H3/b19-14+. The highest BCUT2D eigenvalue weighted by atomic mass is 28.4. The van der Waals surface area contributed by atoms with Gasteiger partial charge in [0.15, 0.2) is 8.32 Å². The number of oxime groups is 1. The number of nitrogens with zero attached hydrogens (tertiary/aromatic N) is 3. The molecule has 0 saturated carbocycles. The third-order valence-electron chi connectivity index (χ3n) is 4.88. The van der Waals surface area contributed by atoms with Crippen LogP contribution in [0.15, 0.2) is 5.16 Å². The van der Waals surface area contributed by atoms with Crippen molar-refractivity contribution in [3.63, 3.8) is 0 Å². The first-order valence-corrected chi connectivity index (χ1v) is 12.7. The second-order valence-corrected chi connectivity index (χ2v) is 12.6. The monoisotopic (exact) mass is 399 g/mol. The molecule has 1 heterocycles. The summed E-state index contributed by atoms with van der Waals surface area (Å²) in [4.78, 5) is 45.6. The Hall–Kier alpha value is -1.74. The lowest BCUT2D eigenvalue weighted by Crippen LogP contribution is -2.65. The van der Waals surface area contributed by atoms with Crippen LogP contribution in [-0.4, -0.2) is 69.5 Å². The molecule has 0 aromatic carbocycles. The summed E-state index contributed by atoms with van der Waals surface area (Å²) in [5.41, 5.74) is -0.908. The number of barbiturate groups is 1. The van der Waals surface area contributed by atoms with E-state index in [2.05, 4.69) is 5.16 Å². The Balaban J connectivity index is 3.38. The first kappa shape index (κ1) is 23.3. The van der Waals surface area contributed by atoms with E-state index in [1.807, 2.05) is 33.5 Å². The van der Waals surface area contributed by atoms with Gasteiger partial charge in [-0.2, -0.15) is 0 Å². The lowest BCUT2D eigenvalue weighted by molar-refractivity contribution is -0.160. The summed E-state index contributed by atoms with van der Waals surface area (Å²) in [5.74, 6) is -1.25. The van der Waals surface area contributed by atoms with Crippen molar-refractivity contribution in [2.24, 2.45) is 16.5 Å². The first-order chi connectivity index (χ1) is 12.4. The summed E-state index contributed by atoms with van der Waals surface area (Å²) >= 11 is 0. The summed E-state index contributed by atoms with van der Waals surface area (Å²) in [7, 11) is 2.40. The van der Waals surface area contributed by atoms with Gasteiger partial charge in [0, 0.05) is 20.5 Å².